The molecule has 0 aromatic heterocycles. The van der Waals surface area contributed by atoms with Gasteiger partial charge in [0.15, 0.2) is 8.32 Å². The lowest BCUT2D eigenvalue weighted by Crippen LogP contribution is -2.45. The van der Waals surface area contributed by atoms with E-state index in [4.69, 9.17) is 9.16 Å². The highest BCUT2D eigenvalue weighted by Crippen LogP contribution is 2.37. The Kier molecular flexibility index (Phi) is 11.5. The summed E-state index contributed by atoms with van der Waals surface area (Å²) in [6.07, 6.45) is 13.6. The van der Waals surface area contributed by atoms with E-state index in [2.05, 4.69) is 60.0 Å². The summed E-state index contributed by atoms with van der Waals surface area (Å²) < 4.78 is 12.7. The molecular formula is C21H40O2Si. The van der Waals surface area contributed by atoms with Gasteiger partial charge in [0.25, 0.3) is 0 Å². The van der Waals surface area contributed by atoms with Crippen molar-refractivity contribution in [3.05, 3.63) is 37.5 Å². The fourth-order valence-electron chi connectivity index (χ4n) is 2.19. The van der Waals surface area contributed by atoms with E-state index in [-0.39, 0.29) is 17.2 Å². The Morgan fingerprint density at radius 1 is 1.12 bits per heavy atom. The molecule has 0 saturated heterocycles. The van der Waals surface area contributed by atoms with Crippen molar-refractivity contribution >= 4 is 8.32 Å². The summed E-state index contributed by atoms with van der Waals surface area (Å²) in [6.45, 7) is 21.9. The second-order valence-electron chi connectivity index (χ2n) is 8.01. The zero-order valence-corrected chi connectivity index (χ0v) is 17.9. The van der Waals surface area contributed by atoms with Gasteiger partial charge >= 0.3 is 0 Å². The Labute approximate surface area is 152 Å². The van der Waals surface area contributed by atoms with E-state index in [1.54, 1.807) is 0 Å². The summed E-state index contributed by atoms with van der Waals surface area (Å²) in [5, 5.41) is 0.204. The summed E-state index contributed by atoms with van der Waals surface area (Å²) in [5.74, 6) is 0. The fraction of sp³-hybridized carbons (Fsp3) is 0.714. The zero-order chi connectivity index (χ0) is 18.6. The van der Waals surface area contributed by atoms with Crippen LogP contribution in [0.3, 0.4) is 0 Å². The first-order chi connectivity index (χ1) is 11.2. The average molecular weight is 353 g/mol. The summed E-state index contributed by atoms with van der Waals surface area (Å²) in [5.41, 5.74) is 0. The standard InChI is InChI=1S/C21H40O2Si/c1-9-12-14-17-19(16-13-10-2)22-18-20(15-11-3)23-24(7,8)21(4,5)6/h10-11,13,16,19-20H,2-3,9,12,14-15,17-18H2,1,4-8H3/b16-13-. The van der Waals surface area contributed by atoms with Gasteiger partial charge in [0, 0.05) is 0 Å². The van der Waals surface area contributed by atoms with Crippen molar-refractivity contribution in [2.75, 3.05) is 6.61 Å². The number of allylic oxidation sites excluding steroid dienone is 2. The Morgan fingerprint density at radius 2 is 1.79 bits per heavy atom. The number of hydrogen-bond acceptors (Lipinski definition) is 2. The highest BCUT2D eigenvalue weighted by molar-refractivity contribution is 6.74. The Hall–Kier alpha value is -0.643. The molecule has 2 nitrogen and oxygen atoms in total. The molecule has 0 bridgehead atoms. The molecule has 0 aliphatic carbocycles. The number of hydrogen-bond donors (Lipinski definition) is 0. The van der Waals surface area contributed by atoms with Crippen molar-refractivity contribution in [2.24, 2.45) is 0 Å². The predicted molar refractivity (Wildman–Crippen MR) is 110 cm³/mol. The first-order valence-electron chi connectivity index (χ1n) is 9.37. The van der Waals surface area contributed by atoms with Gasteiger partial charge in [0.2, 0.25) is 0 Å². The van der Waals surface area contributed by atoms with E-state index in [9.17, 15) is 0 Å². The molecule has 0 spiro atoms. The summed E-state index contributed by atoms with van der Waals surface area (Å²) in [6, 6.07) is 0. The molecule has 140 valence electrons. The monoisotopic (exact) mass is 352 g/mol. The summed E-state index contributed by atoms with van der Waals surface area (Å²) >= 11 is 0. The first kappa shape index (κ1) is 23.4. The van der Waals surface area contributed by atoms with E-state index in [0.717, 1.165) is 12.8 Å². The lowest BCUT2D eigenvalue weighted by Gasteiger charge is -2.39. The SMILES string of the molecule is C=C/C=C\C(CCCCC)OCC(CC=C)O[Si](C)(C)C(C)(C)C. The van der Waals surface area contributed by atoms with Crippen LogP contribution in [-0.2, 0) is 9.16 Å². The highest BCUT2D eigenvalue weighted by Gasteiger charge is 2.39. The normalized spacial score (nSPS) is 15.4. The molecule has 0 rings (SSSR count). The summed E-state index contributed by atoms with van der Waals surface area (Å²) in [4.78, 5) is 0. The second-order valence-corrected chi connectivity index (χ2v) is 12.8. The van der Waals surface area contributed by atoms with Crippen LogP contribution >= 0.6 is 0 Å². The van der Waals surface area contributed by atoms with E-state index >= 15 is 0 Å². The average Bonchev–Trinajstić information content (AvgIpc) is 2.48. The minimum Gasteiger partial charge on any atom is -0.411 e. The van der Waals surface area contributed by atoms with Crippen molar-refractivity contribution in [1.82, 2.24) is 0 Å². The van der Waals surface area contributed by atoms with E-state index in [1.807, 2.05) is 18.2 Å². The first-order valence-corrected chi connectivity index (χ1v) is 12.3. The smallest absolute Gasteiger partial charge is 0.192 e. The molecule has 0 saturated carbocycles. The maximum Gasteiger partial charge on any atom is 0.192 e. The van der Waals surface area contributed by atoms with Crippen LogP contribution < -0.4 is 0 Å². The third-order valence-electron chi connectivity index (χ3n) is 4.75. The largest absolute Gasteiger partial charge is 0.411 e. The van der Waals surface area contributed by atoms with E-state index < -0.39 is 8.32 Å². The molecule has 0 aliphatic rings. The molecule has 0 N–H and O–H groups in total. The van der Waals surface area contributed by atoms with Gasteiger partial charge in [0.1, 0.15) is 0 Å². The Balaban J connectivity index is 4.74. The number of unbranched alkanes of at least 4 members (excludes halogenated alkanes) is 2. The second kappa shape index (κ2) is 11.8. The molecular weight excluding hydrogens is 312 g/mol. The maximum absolute atomic E-state index is 6.52. The van der Waals surface area contributed by atoms with Crippen LogP contribution in [0.15, 0.2) is 37.5 Å². The van der Waals surface area contributed by atoms with Crippen molar-refractivity contribution in [3.63, 3.8) is 0 Å². The molecule has 0 fully saturated rings. The third-order valence-corrected chi connectivity index (χ3v) is 9.28. The fourth-order valence-corrected chi connectivity index (χ4v) is 3.54. The molecule has 2 unspecified atom stereocenters. The van der Waals surface area contributed by atoms with Crippen LogP contribution in [-0.4, -0.2) is 27.1 Å². The van der Waals surface area contributed by atoms with Crippen molar-refractivity contribution in [3.8, 4) is 0 Å². The van der Waals surface area contributed by atoms with E-state index in [0.29, 0.717) is 6.61 Å². The van der Waals surface area contributed by atoms with Gasteiger partial charge in [-0.1, -0.05) is 77.8 Å². The lowest BCUT2D eigenvalue weighted by molar-refractivity contribution is 0.0124. The number of ether oxygens (including phenoxy) is 1. The molecule has 24 heavy (non-hydrogen) atoms. The zero-order valence-electron chi connectivity index (χ0n) is 16.9. The van der Waals surface area contributed by atoms with E-state index in [1.165, 1.54) is 19.3 Å². The molecule has 0 aromatic carbocycles. The van der Waals surface area contributed by atoms with Crippen molar-refractivity contribution in [1.29, 1.82) is 0 Å². The van der Waals surface area contributed by atoms with Crippen molar-refractivity contribution in [2.45, 2.75) is 90.1 Å². The van der Waals surface area contributed by atoms with Crippen LogP contribution in [0.25, 0.3) is 0 Å². The molecule has 2 atom stereocenters. The minimum atomic E-state index is -1.80. The maximum atomic E-state index is 6.52. The quantitative estimate of drug-likeness (QED) is 0.160. The molecule has 0 radical (unpaired) electrons. The van der Waals surface area contributed by atoms with Crippen LogP contribution in [0.4, 0.5) is 0 Å². The predicted octanol–water partition coefficient (Wildman–Crippen LogP) is 6.66. The van der Waals surface area contributed by atoms with Gasteiger partial charge in [-0.05, 0) is 31.0 Å². The highest BCUT2D eigenvalue weighted by atomic mass is 28.4. The number of rotatable bonds is 13. The molecule has 0 amide bonds. The van der Waals surface area contributed by atoms with Gasteiger partial charge < -0.3 is 9.16 Å². The van der Waals surface area contributed by atoms with Crippen molar-refractivity contribution < 1.29 is 9.16 Å². The molecule has 0 aliphatic heterocycles. The molecule has 3 heteroatoms. The topological polar surface area (TPSA) is 18.5 Å². The van der Waals surface area contributed by atoms with Crippen LogP contribution in [0, 0.1) is 0 Å². The Morgan fingerprint density at radius 3 is 2.29 bits per heavy atom. The Bertz CT molecular complexity index is 380. The van der Waals surface area contributed by atoms with Gasteiger partial charge in [-0.15, -0.1) is 6.58 Å². The molecule has 0 heterocycles. The van der Waals surface area contributed by atoms with Gasteiger partial charge in [-0.2, -0.15) is 0 Å². The molecule has 0 aromatic rings. The van der Waals surface area contributed by atoms with Crippen LogP contribution in [0.5, 0.6) is 0 Å². The van der Waals surface area contributed by atoms with Gasteiger partial charge in [-0.25, -0.2) is 0 Å². The minimum absolute atomic E-state index is 0.0918. The van der Waals surface area contributed by atoms with Crippen LogP contribution in [0.1, 0.15) is 59.8 Å². The van der Waals surface area contributed by atoms with Gasteiger partial charge in [-0.3, -0.25) is 0 Å². The summed E-state index contributed by atoms with van der Waals surface area (Å²) in [7, 11) is -1.80. The lowest BCUT2D eigenvalue weighted by atomic mass is 10.1. The van der Waals surface area contributed by atoms with Crippen LogP contribution in [0.2, 0.25) is 18.1 Å². The van der Waals surface area contributed by atoms with Gasteiger partial charge in [0.05, 0.1) is 18.8 Å². The third kappa shape index (κ3) is 9.60.